The summed E-state index contributed by atoms with van der Waals surface area (Å²) in [6.45, 7) is 2.10. The molecule has 0 aliphatic carbocycles. The van der Waals surface area contributed by atoms with E-state index >= 15 is 0 Å². The maximum atomic E-state index is 5.98. The van der Waals surface area contributed by atoms with Crippen molar-refractivity contribution in [2.45, 2.75) is 19.3 Å². The number of terminal acetylenes is 1. The fourth-order valence-electron chi connectivity index (χ4n) is 2.16. The molecule has 0 bridgehead atoms. The standard InChI is InChI=1S/C13H16N2/c1-2-3-4-9-15-10-8-11-6-5-7-12(14)13(11)15/h1,5-7H,3-4,8-10,14H2. The summed E-state index contributed by atoms with van der Waals surface area (Å²) in [5.74, 6) is 2.67. The van der Waals surface area contributed by atoms with E-state index in [-0.39, 0.29) is 0 Å². The summed E-state index contributed by atoms with van der Waals surface area (Å²) in [6, 6.07) is 6.16. The number of para-hydroxylation sites is 1. The fourth-order valence-corrected chi connectivity index (χ4v) is 2.16. The lowest BCUT2D eigenvalue weighted by Gasteiger charge is -2.20. The van der Waals surface area contributed by atoms with E-state index in [0.717, 1.165) is 38.0 Å². The normalized spacial score (nSPS) is 13.7. The van der Waals surface area contributed by atoms with E-state index < -0.39 is 0 Å². The van der Waals surface area contributed by atoms with Crippen LogP contribution in [0.4, 0.5) is 11.4 Å². The highest BCUT2D eigenvalue weighted by molar-refractivity contribution is 5.74. The van der Waals surface area contributed by atoms with Crippen LogP contribution in [0, 0.1) is 12.3 Å². The summed E-state index contributed by atoms with van der Waals surface area (Å²) in [5.41, 5.74) is 9.48. The molecule has 0 atom stereocenters. The molecular weight excluding hydrogens is 184 g/mol. The van der Waals surface area contributed by atoms with Crippen LogP contribution < -0.4 is 10.6 Å². The first-order valence-electron chi connectivity index (χ1n) is 5.38. The quantitative estimate of drug-likeness (QED) is 0.459. The largest absolute Gasteiger partial charge is 0.397 e. The third kappa shape index (κ3) is 1.92. The van der Waals surface area contributed by atoms with Crippen LogP contribution in [0.1, 0.15) is 18.4 Å². The molecule has 78 valence electrons. The van der Waals surface area contributed by atoms with E-state index in [9.17, 15) is 0 Å². The lowest BCUT2D eigenvalue weighted by Crippen LogP contribution is -2.22. The van der Waals surface area contributed by atoms with Gasteiger partial charge in [0.05, 0.1) is 11.4 Å². The molecule has 2 nitrogen and oxygen atoms in total. The Morgan fingerprint density at radius 3 is 3.13 bits per heavy atom. The van der Waals surface area contributed by atoms with Crippen LogP contribution >= 0.6 is 0 Å². The number of hydrogen-bond donors (Lipinski definition) is 1. The van der Waals surface area contributed by atoms with Crippen molar-refractivity contribution in [2.24, 2.45) is 0 Å². The third-order valence-corrected chi connectivity index (χ3v) is 2.87. The van der Waals surface area contributed by atoms with Gasteiger partial charge in [0.2, 0.25) is 0 Å². The van der Waals surface area contributed by atoms with Crippen molar-refractivity contribution in [3.05, 3.63) is 23.8 Å². The predicted molar refractivity (Wildman–Crippen MR) is 64.8 cm³/mol. The third-order valence-electron chi connectivity index (χ3n) is 2.87. The molecule has 0 spiro atoms. The second-order valence-corrected chi connectivity index (χ2v) is 3.90. The molecule has 0 aromatic heterocycles. The van der Waals surface area contributed by atoms with Gasteiger partial charge in [0, 0.05) is 19.5 Å². The van der Waals surface area contributed by atoms with Crippen LogP contribution in [0.2, 0.25) is 0 Å². The molecule has 2 rings (SSSR count). The SMILES string of the molecule is C#CCCCN1CCc2cccc(N)c21. The molecule has 2 N–H and O–H groups in total. The summed E-state index contributed by atoms with van der Waals surface area (Å²) in [4.78, 5) is 2.35. The average molecular weight is 200 g/mol. The maximum Gasteiger partial charge on any atom is 0.0633 e. The van der Waals surface area contributed by atoms with Gasteiger partial charge < -0.3 is 10.6 Å². The lowest BCUT2D eigenvalue weighted by atomic mass is 10.1. The van der Waals surface area contributed by atoms with Crippen molar-refractivity contribution in [2.75, 3.05) is 23.7 Å². The molecule has 0 radical (unpaired) electrons. The Morgan fingerprint density at radius 2 is 2.33 bits per heavy atom. The first kappa shape index (κ1) is 9.92. The Balaban J connectivity index is 2.11. The molecule has 0 unspecified atom stereocenters. The van der Waals surface area contributed by atoms with Gasteiger partial charge in [-0.3, -0.25) is 0 Å². The van der Waals surface area contributed by atoms with Crippen LogP contribution in [0.25, 0.3) is 0 Å². The lowest BCUT2D eigenvalue weighted by molar-refractivity contribution is 0.769. The molecule has 1 heterocycles. The molecule has 1 aromatic rings. The van der Waals surface area contributed by atoms with E-state index in [1.54, 1.807) is 0 Å². The summed E-state index contributed by atoms with van der Waals surface area (Å²) in [5, 5.41) is 0. The van der Waals surface area contributed by atoms with Gasteiger partial charge in [-0.1, -0.05) is 12.1 Å². The van der Waals surface area contributed by atoms with E-state index in [0.29, 0.717) is 0 Å². The highest BCUT2D eigenvalue weighted by atomic mass is 15.2. The van der Waals surface area contributed by atoms with Gasteiger partial charge in [-0.25, -0.2) is 0 Å². The number of nitrogens with two attached hydrogens (primary N) is 1. The Hall–Kier alpha value is -1.62. The number of anilines is 2. The monoisotopic (exact) mass is 200 g/mol. The molecule has 1 aromatic carbocycles. The Kier molecular flexibility index (Phi) is 2.82. The van der Waals surface area contributed by atoms with E-state index in [1.807, 2.05) is 12.1 Å². The number of unbranched alkanes of at least 4 members (excludes halogenated alkanes) is 1. The minimum atomic E-state index is 0.846. The Bertz CT molecular complexity index is 390. The van der Waals surface area contributed by atoms with Gasteiger partial charge in [-0.2, -0.15) is 0 Å². The number of hydrogen-bond acceptors (Lipinski definition) is 2. The van der Waals surface area contributed by atoms with Gasteiger partial charge in [-0.05, 0) is 24.5 Å². The van der Waals surface area contributed by atoms with Gasteiger partial charge >= 0.3 is 0 Å². The summed E-state index contributed by atoms with van der Waals surface area (Å²) in [6.07, 6.45) is 8.24. The summed E-state index contributed by atoms with van der Waals surface area (Å²) < 4.78 is 0. The van der Waals surface area contributed by atoms with Crippen LogP contribution in [-0.4, -0.2) is 13.1 Å². The zero-order chi connectivity index (χ0) is 10.7. The van der Waals surface area contributed by atoms with Crippen molar-refractivity contribution < 1.29 is 0 Å². The van der Waals surface area contributed by atoms with Crippen molar-refractivity contribution in [3.63, 3.8) is 0 Å². The second kappa shape index (κ2) is 4.27. The van der Waals surface area contributed by atoms with Crippen molar-refractivity contribution in [1.29, 1.82) is 0 Å². The fraction of sp³-hybridized carbons (Fsp3) is 0.385. The Labute approximate surface area is 91.1 Å². The van der Waals surface area contributed by atoms with Gasteiger partial charge in [0.1, 0.15) is 0 Å². The van der Waals surface area contributed by atoms with Crippen molar-refractivity contribution in [1.82, 2.24) is 0 Å². The molecule has 2 heteroatoms. The smallest absolute Gasteiger partial charge is 0.0633 e. The number of nitrogen functional groups attached to an aromatic ring is 1. The van der Waals surface area contributed by atoms with Crippen LogP contribution in [0.5, 0.6) is 0 Å². The minimum Gasteiger partial charge on any atom is -0.397 e. The van der Waals surface area contributed by atoms with Crippen LogP contribution in [0.15, 0.2) is 18.2 Å². The first-order valence-corrected chi connectivity index (χ1v) is 5.38. The summed E-state index contributed by atoms with van der Waals surface area (Å²) in [7, 11) is 0. The van der Waals surface area contributed by atoms with Gasteiger partial charge in [0.15, 0.2) is 0 Å². The summed E-state index contributed by atoms with van der Waals surface area (Å²) >= 11 is 0. The molecule has 0 amide bonds. The van der Waals surface area contributed by atoms with Gasteiger partial charge in [0.25, 0.3) is 0 Å². The van der Waals surface area contributed by atoms with Crippen molar-refractivity contribution in [3.8, 4) is 12.3 Å². The number of benzene rings is 1. The Morgan fingerprint density at radius 1 is 1.47 bits per heavy atom. The average Bonchev–Trinajstić information content (AvgIpc) is 2.63. The molecular formula is C13H16N2. The van der Waals surface area contributed by atoms with E-state index in [1.165, 1.54) is 11.3 Å². The maximum absolute atomic E-state index is 5.98. The topological polar surface area (TPSA) is 29.3 Å². The number of nitrogens with zero attached hydrogens (tertiary/aromatic N) is 1. The predicted octanol–water partition coefficient (Wildman–Crippen LogP) is 2.04. The van der Waals surface area contributed by atoms with Crippen LogP contribution in [0.3, 0.4) is 0 Å². The van der Waals surface area contributed by atoms with Gasteiger partial charge in [-0.15, -0.1) is 12.3 Å². The zero-order valence-corrected chi connectivity index (χ0v) is 8.87. The highest BCUT2D eigenvalue weighted by Gasteiger charge is 2.20. The molecule has 0 fully saturated rings. The number of rotatable bonds is 3. The first-order chi connectivity index (χ1) is 7.33. The second-order valence-electron chi connectivity index (χ2n) is 3.90. The van der Waals surface area contributed by atoms with E-state index in [2.05, 4.69) is 16.9 Å². The molecule has 1 aliphatic rings. The zero-order valence-electron chi connectivity index (χ0n) is 8.87. The van der Waals surface area contributed by atoms with Crippen LogP contribution in [-0.2, 0) is 6.42 Å². The van der Waals surface area contributed by atoms with E-state index in [4.69, 9.17) is 12.2 Å². The molecule has 0 saturated carbocycles. The molecule has 0 saturated heterocycles. The molecule has 1 aliphatic heterocycles. The van der Waals surface area contributed by atoms with Crippen molar-refractivity contribution >= 4 is 11.4 Å². The minimum absolute atomic E-state index is 0.846. The molecule has 15 heavy (non-hydrogen) atoms. The highest BCUT2D eigenvalue weighted by Crippen LogP contribution is 2.33. The number of fused-ring (bicyclic) bond motifs is 1.